The molecule has 9 nitrogen and oxygen atoms in total. The first kappa shape index (κ1) is 27.4. The second kappa shape index (κ2) is 10.3. The smallest absolute Gasteiger partial charge is 0.177 e. The van der Waals surface area contributed by atoms with E-state index in [2.05, 4.69) is 19.2 Å². The summed E-state index contributed by atoms with van der Waals surface area (Å²) in [6.07, 6.45) is 6.08. The van der Waals surface area contributed by atoms with Crippen LogP contribution in [0.15, 0.2) is 34.2 Å². The minimum atomic E-state index is -3.58. The number of benzene rings is 1. The topological polar surface area (TPSA) is 116 Å². The first-order valence-electron chi connectivity index (χ1n) is 13.9. The Balaban J connectivity index is 1.44. The Bertz CT molecular complexity index is 1630. The van der Waals surface area contributed by atoms with Crippen molar-refractivity contribution in [2.24, 2.45) is 10.9 Å². The fourth-order valence-electron chi connectivity index (χ4n) is 5.35. The van der Waals surface area contributed by atoms with Crippen LogP contribution < -0.4 is 5.32 Å². The molecule has 1 aromatic carbocycles. The quantitative estimate of drug-likeness (QED) is 0.377. The lowest BCUT2D eigenvalue weighted by molar-refractivity contribution is -0.119. The highest BCUT2D eigenvalue weighted by molar-refractivity contribution is 8.14. The number of nitrogens with zero attached hydrogens (tertiary/aromatic N) is 4. The highest BCUT2D eigenvalue weighted by Gasteiger charge is 2.31. The molecule has 0 amide bonds. The van der Waals surface area contributed by atoms with Gasteiger partial charge in [-0.25, -0.2) is 18.4 Å². The van der Waals surface area contributed by atoms with Crippen molar-refractivity contribution in [2.75, 3.05) is 23.9 Å². The maximum atomic E-state index is 13.0. The van der Waals surface area contributed by atoms with E-state index in [4.69, 9.17) is 19.7 Å². The number of aryl methyl sites for hydroxylation is 1. The molecule has 1 saturated heterocycles. The second-order valence-electron chi connectivity index (χ2n) is 11.7. The van der Waals surface area contributed by atoms with Gasteiger partial charge in [0.1, 0.15) is 23.4 Å². The summed E-state index contributed by atoms with van der Waals surface area (Å²) < 4.78 is 34.1. The lowest BCUT2D eigenvalue weighted by atomic mass is 10.1. The molecule has 40 heavy (non-hydrogen) atoms. The Kier molecular flexibility index (Phi) is 7.03. The number of hydrogen-bond acceptors (Lipinski definition) is 9. The Morgan fingerprint density at radius 3 is 2.60 bits per heavy atom. The van der Waals surface area contributed by atoms with E-state index >= 15 is 0 Å². The molecule has 0 bridgehead atoms. The third-order valence-corrected chi connectivity index (χ3v) is 10.2. The van der Waals surface area contributed by atoms with Crippen molar-refractivity contribution in [3.05, 3.63) is 41.3 Å². The highest BCUT2D eigenvalue weighted by Crippen LogP contribution is 2.37. The van der Waals surface area contributed by atoms with Gasteiger partial charge in [0.2, 0.25) is 0 Å². The van der Waals surface area contributed by atoms with E-state index in [0.717, 1.165) is 54.3 Å². The predicted molar refractivity (Wildman–Crippen MR) is 158 cm³/mol. The fraction of sp³-hybridized carbons (Fsp3) is 0.517. The summed E-state index contributed by atoms with van der Waals surface area (Å²) in [7, 11) is -3.58. The predicted octanol–water partition coefficient (Wildman–Crippen LogP) is 5.38. The molecule has 2 fully saturated rings. The van der Waals surface area contributed by atoms with Crippen LogP contribution in [0.3, 0.4) is 0 Å². The van der Waals surface area contributed by atoms with E-state index in [1.165, 1.54) is 6.26 Å². The van der Waals surface area contributed by atoms with Crippen LogP contribution in [-0.4, -0.2) is 57.9 Å². The van der Waals surface area contributed by atoms with Gasteiger partial charge in [0.25, 0.3) is 0 Å². The molecule has 2 aromatic heterocycles. The normalized spacial score (nSPS) is 21.0. The van der Waals surface area contributed by atoms with Crippen molar-refractivity contribution in [1.29, 1.82) is 0 Å². The molecule has 4 heterocycles. The molecule has 1 N–H and O–H groups in total. The zero-order valence-corrected chi connectivity index (χ0v) is 25.0. The SMILES string of the molecule is Cc1nc2c(Nc3ccc(C4=NC(C)(C)CS4)cc3S(C)(=O)=O)cc(CC(=O)C3CC3)nc2n1C1CCCCO1. The van der Waals surface area contributed by atoms with Gasteiger partial charge >= 0.3 is 0 Å². The van der Waals surface area contributed by atoms with Crippen molar-refractivity contribution in [3.8, 4) is 0 Å². The Morgan fingerprint density at radius 1 is 1.15 bits per heavy atom. The van der Waals surface area contributed by atoms with Gasteiger partial charge in [0, 0.05) is 36.5 Å². The first-order chi connectivity index (χ1) is 19.0. The van der Waals surface area contributed by atoms with Crippen molar-refractivity contribution in [3.63, 3.8) is 0 Å². The summed E-state index contributed by atoms with van der Waals surface area (Å²) in [6.45, 7) is 6.75. The number of nitrogens with one attached hydrogen (secondary N) is 1. The molecule has 1 aliphatic carbocycles. The number of aliphatic imine (C=N–C) groups is 1. The summed E-state index contributed by atoms with van der Waals surface area (Å²) >= 11 is 1.64. The van der Waals surface area contributed by atoms with Crippen LogP contribution in [0.1, 0.15) is 69.3 Å². The lowest BCUT2D eigenvalue weighted by Gasteiger charge is -2.25. The zero-order chi connectivity index (χ0) is 28.2. The second-order valence-corrected chi connectivity index (χ2v) is 14.7. The molecular formula is C29H35N5O4S2. The van der Waals surface area contributed by atoms with Crippen molar-refractivity contribution in [1.82, 2.24) is 14.5 Å². The number of rotatable bonds is 8. The summed E-state index contributed by atoms with van der Waals surface area (Å²) in [4.78, 5) is 27.5. The number of sulfone groups is 1. The average molecular weight is 582 g/mol. The molecule has 6 rings (SSSR count). The third kappa shape index (κ3) is 5.56. The number of anilines is 2. The van der Waals surface area contributed by atoms with Crippen LogP contribution in [0.2, 0.25) is 0 Å². The number of hydrogen-bond donors (Lipinski definition) is 1. The zero-order valence-electron chi connectivity index (χ0n) is 23.4. The monoisotopic (exact) mass is 581 g/mol. The molecule has 1 atom stereocenters. The number of thioether (sulfide) groups is 1. The van der Waals surface area contributed by atoms with Gasteiger partial charge in [-0.3, -0.25) is 14.4 Å². The van der Waals surface area contributed by atoms with Crippen LogP contribution in [0.4, 0.5) is 11.4 Å². The van der Waals surface area contributed by atoms with E-state index in [1.54, 1.807) is 23.9 Å². The minimum Gasteiger partial charge on any atom is -0.358 e. The number of pyridine rings is 1. The number of imidazole rings is 1. The molecule has 1 unspecified atom stereocenters. The van der Waals surface area contributed by atoms with Crippen LogP contribution >= 0.6 is 11.8 Å². The first-order valence-corrected chi connectivity index (χ1v) is 16.7. The van der Waals surface area contributed by atoms with Crippen LogP contribution in [0.25, 0.3) is 11.2 Å². The van der Waals surface area contributed by atoms with E-state index in [1.807, 2.05) is 23.6 Å². The van der Waals surface area contributed by atoms with Gasteiger partial charge in [-0.15, -0.1) is 11.8 Å². The van der Waals surface area contributed by atoms with Crippen molar-refractivity contribution < 1.29 is 17.9 Å². The number of fused-ring (bicyclic) bond motifs is 1. The van der Waals surface area contributed by atoms with Gasteiger partial charge in [-0.05, 0) is 71.1 Å². The van der Waals surface area contributed by atoms with Crippen molar-refractivity contribution in [2.45, 2.75) is 76.0 Å². The average Bonchev–Trinajstić information content (AvgIpc) is 3.61. The van der Waals surface area contributed by atoms with Crippen LogP contribution in [-0.2, 0) is 25.8 Å². The number of carbonyl (C=O) groups excluding carboxylic acids is 1. The van der Waals surface area contributed by atoms with Crippen LogP contribution in [0.5, 0.6) is 0 Å². The summed E-state index contributed by atoms with van der Waals surface area (Å²) in [5.41, 5.74) is 3.57. The molecule has 1 saturated carbocycles. The van der Waals surface area contributed by atoms with E-state index in [9.17, 15) is 13.2 Å². The summed E-state index contributed by atoms with van der Waals surface area (Å²) in [6, 6.07) is 7.22. The molecule has 212 valence electrons. The van der Waals surface area contributed by atoms with Gasteiger partial charge < -0.3 is 10.1 Å². The van der Waals surface area contributed by atoms with Gasteiger partial charge in [-0.2, -0.15) is 0 Å². The van der Waals surface area contributed by atoms with Gasteiger partial charge in [-0.1, -0.05) is 6.07 Å². The Morgan fingerprint density at radius 2 is 1.95 bits per heavy atom. The highest BCUT2D eigenvalue weighted by atomic mass is 32.2. The van der Waals surface area contributed by atoms with E-state index in [-0.39, 0.29) is 34.8 Å². The molecule has 3 aromatic rings. The largest absolute Gasteiger partial charge is 0.358 e. The number of ether oxygens (including phenoxy) is 1. The molecule has 3 aliphatic rings. The summed E-state index contributed by atoms with van der Waals surface area (Å²) in [5.74, 6) is 1.92. The van der Waals surface area contributed by atoms with E-state index < -0.39 is 9.84 Å². The molecule has 2 aliphatic heterocycles. The number of aromatic nitrogens is 3. The standard InChI is InChI=1S/C29H35N5O4S2/c1-17-30-26-22(32-21-11-10-19(13-24(21)40(4,36)37)28-33-29(2,3)16-39-28)14-20(15-23(35)18-8-9-18)31-27(26)34(17)25-7-5-6-12-38-25/h10-11,13-14,18,25H,5-9,12,15-16H2,1-4H3,(H,31,32). The number of carbonyl (C=O) groups is 1. The maximum absolute atomic E-state index is 13.0. The number of Topliss-reactive ketones (excluding diaryl/α,β-unsaturated/α-hetero) is 1. The Labute approximate surface area is 239 Å². The van der Waals surface area contributed by atoms with E-state index in [0.29, 0.717) is 34.8 Å². The van der Waals surface area contributed by atoms with Gasteiger partial charge in [0.05, 0.1) is 32.5 Å². The fourth-order valence-corrected chi connectivity index (χ4v) is 7.37. The van der Waals surface area contributed by atoms with Crippen LogP contribution in [0, 0.1) is 12.8 Å². The molecule has 11 heteroatoms. The van der Waals surface area contributed by atoms with Gasteiger partial charge in [0.15, 0.2) is 15.5 Å². The molecule has 0 radical (unpaired) electrons. The molecule has 0 spiro atoms. The number of ketones is 1. The summed E-state index contributed by atoms with van der Waals surface area (Å²) in [5, 5.41) is 4.21. The minimum absolute atomic E-state index is 0.118. The Hall–Kier alpha value is -2.76. The third-order valence-electron chi connectivity index (χ3n) is 7.57. The van der Waals surface area contributed by atoms with Crippen molar-refractivity contribution >= 4 is 55.0 Å². The lowest BCUT2D eigenvalue weighted by Crippen LogP contribution is -2.19. The maximum Gasteiger partial charge on any atom is 0.177 e. The molecular weight excluding hydrogens is 546 g/mol.